The highest BCUT2D eigenvalue weighted by Gasteiger charge is 2.33. The van der Waals surface area contributed by atoms with Crippen LogP contribution >= 0.6 is 11.6 Å². The van der Waals surface area contributed by atoms with Gasteiger partial charge in [-0.1, -0.05) is 23.7 Å². The predicted octanol–water partition coefficient (Wildman–Crippen LogP) is 1.62. The quantitative estimate of drug-likeness (QED) is 0.583. The summed E-state index contributed by atoms with van der Waals surface area (Å²) >= 11 is 6.19. The van der Waals surface area contributed by atoms with E-state index in [1.165, 1.54) is 0 Å². The van der Waals surface area contributed by atoms with Gasteiger partial charge in [-0.05, 0) is 26.0 Å². The number of β-amino-alcohol motifs (C(OH)–C–C–N with tert-alkyl or cyclic N) is 1. The first-order valence-electron chi connectivity index (χ1n) is 9.79. The fourth-order valence-electron chi connectivity index (χ4n) is 3.72. The van der Waals surface area contributed by atoms with Crippen molar-refractivity contribution in [2.45, 2.75) is 26.1 Å². The van der Waals surface area contributed by atoms with Gasteiger partial charge in [0.25, 0.3) is 5.91 Å². The molecule has 2 fully saturated rings. The lowest BCUT2D eigenvalue weighted by molar-refractivity contribution is 0.0689. The number of carbonyl (C=O) groups excluding carboxylic acids is 1. The zero-order valence-electron chi connectivity index (χ0n) is 16.8. The first kappa shape index (κ1) is 20.6. The second kappa shape index (κ2) is 8.22. The summed E-state index contributed by atoms with van der Waals surface area (Å²) in [6, 6.07) is 7.00. The number of rotatable bonds is 3. The molecule has 3 aliphatic rings. The minimum Gasteiger partial charge on any atom is -0.486 e. The third-order valence-corrected chi connectivity index (χ3v) is 5.95. The van der Waals surface area contributed by atoms with Crippen molar-refractivity contribution in [3.05, 3.63) is 52.0 Å². The van der Waals surface area contributed by atoms with Gasteiger partial charge in [0, 0.05) is 24.4 Å². The van der Waals surface area contributed by atoms with Gasteiger partial charge in [0.15, 0.2) is 0 Å². The second-order valence-corrected chi connectivity index (χ2v) is 7.98. The molecule has 0 aromatic heterocycles. The summed E-state index contributed by atoms with van der Waals surface area (Å²) in [5, 5.41) is 25.2. The maximum atomic E-state index is 13.2. The number of nitrogens with one attached hydrogen (secondary N) is 3. The number of aliphatic imine (C=N–C) groups is 1. The van der Waals surface area contributed by atoms with E-state index < -0.39 is 12.2 Å². The minimum absolute atomic E-state index is 0.187. The topological polar surface area (TPSA) is 110 Å². The van der Waals surface area contributed by atoms with Gasteiger partial charge in [0.05, 0.1) is 35.1 Å². The van der Waals surface area contributed by atoms with E-state index in [-0.39, 0.29) is 19.0 Å². The van der Waals surface area contributed by atoms with Crippen molar-refractivity contribution in [1.82, 2.24) is 15.5 Å². The van der Waals surface area contributed by atoms with E-state index in [2.05, 4.69) is 15.6 Å². The molecule has 4 rings (SSSR count). The number of ether oxygens (including phenoxy) is 1. The SMILES string of the molecule is CC1=N/C(=C2\CN(C(=O)c3ccccc3OC3CNC[C@@H]3O)CC2=N)NC(C)=C1Cl. The summed E-state index contributed by atoms with van der Waals surface area (Å²) in [6.07, 6.45) is -1.03. The molecule has 0 spiro atoms. The highest BCUT2D eigenvalue weighted by atomic mass is 35.5. The van der Waals surface area contributed by atoms with Crippen LogP contribution in [0.15, 0.2) is 51.4 Å². The Kier molecular flexibility index (Phi) is 5.64. The van der Waals surface area contributed by atoms with Crippen molar-refractivity contribution in [2.24, 2.45) is 4.99 Å². The lowest BCUT2D eigenvalue weighted by Crippen LogP contribution is -2.32. The predicted molar refractivity (Wildman–Crippen MR) is 115 cm³/mol. The molecule has 1 unspecified atom stereocenters. The van der Waals surface area contributed by atoms with Crippen molar-refractivity contribution in [2.75, 3.05) is 26.2 Å². The molecule has 1 amide bonds. The van der Waals surface area contributed by atoms with Crippen molar-refractivity contribution in [3.63, 3.8) is 0 Å². The molecule has 3 heterocycles. The van der Waals surface area contributed by atoms with E-state index in [1.54, 1.807) is 29.2 Å². The summed E-state index contributed by atoms with van der Waals surface area (Å²) in [6.45, 7) is 5.10. The molecule has 2 atom stereocenters. The van der Waals surface area contributed by atoms with Crippen molar-refractivity contribution < 1.29 is 14.6 Å². The first-order chi connectivity index (χ1) is 14.3. The molecule has 158 valence electrons. The number of aliphatic hydroxyl groups excluding tert-OH is 1. The van der Waals surface area contributed by atoms with Gasteiger partial charge >= 0.3 is 0 Å². The van der Waals surface area contributed by atoms with Gasteiger partial charge in [0.1, 0.15) is 23.8 Å². The zero-order valence-corrected chi connectivity index (χ0v) is 17.6. The maximum absolute atomic E-state index is 13.2. The maximum Gasteiger partial charge on any atom is 0.258 e. The largest absolute Gasteiger partial charge is 0.486 e. The molecule has 1 aromatic rings. The summed E-state index contributed by atoms with van der Waals surface area (Å²) in [4.78, 5) is 19.3. The average Bonchev–Trinajstić information content (AvgIpc) is 3.31. The Balaban J connectivity index is 1.56. The Morgan fingerprint density at radius 1 is 1.30 bits per heavy atom. The second-order valence-electron chi connectivity index (χ2n) is 7.61. The third-order valence-electron chi connectivity index (χ3n) is 5.39. The lowest BCUT2D eigenvalue weighted by atomic mass is 10.1. The van der Waals surface area contributed by atoms with Crippen LogP contribution in [0.25, 0.3) is 0 Å². The van der Waals surface area contributed by atoms with Gasteiger partial charge in [0.2, 0.25) is 0 Å². The molecule has 1 aromatic carbocycles. The Morgan fingerprint density at radius 3 is 2.77 bits per heavy atom. The van der Waals surface area contributed by atoms with Gasteiger partial charge in [-0.15, -0.1) is 0 Å². The summed E-state index contributed by atoms with van der Waals surface area (Å²) < 4.78 is 5.93. The number of amides is 1. The Bertz CT molecular complexity index is 1000. The first-order valence-corrected chi connectivity index (χ1v) is 10.2. The smallest absolute Gasteiger partial charge is 0.258 e. The van der Waals surface area contributed by atoms with Crippen molar-refractivity contribution in [1.29, 1.82) is 5.41 Å². The number of nitrogens with zero attached hydrogens (tertiary/aromatic N) is 2. The zero-order chi connectivity index (χ0) is 21.4. The molecule has 0 saturated carbocycles. The standard InChI is InChI=1S/C21H24ClN5O3/c1-11-19(22)12(2)26-20(25-11)14-9-27(10-15(14)23)21(29)13-5-3-4-6-17(13)30-18-8-24-7-16(18)28/h3-6,16,18,23-25,28H,7-10H2,1-2H3/b20-14+,23-15?/t16-,18?/m0/s1. The molecule has 0 aliphatic carbocycles. The normalized spacial score (nSPS) is 26.7. The van der Waals surface area contributed by atoms with Crippen LogP contribution in [-0.2, 0) is 0 Å². The number of halogens is 1. The molecule has 2 saturated heterocycles. The van der Waals surface area contributed by atoms with E-state index >= 15 is 0 Å². The molecule has 0 radical (unpaired) electrons. The van der Waals surface area contributed by atoms with Gasteiger partial charge < -0.3 is 30.8 Å². The van der Waals surface area contributed by atoms with Crippen LogP contribution in [0.1, 0.15) is 24.2 Å². The summed E-state index contributed by atoms with van der Waals surface area (Å²) in [5.74, 6) is 0.755. The monoisotopic (exact) mass is 429 g/mol. The third kappa shape index (κ3) is 3.86. The lowest BCUT2D eigenvalue weighted by Gasteiger charge is -2.21. The number of hydrogen-bond donors (Lipinski definition) is 4. The highest BCUT2D eigenvalue weighted by Crippen LogP contribution is 2.27. The molecule has 8 nitrogen and oxygen atoms in total. The average molecular weight is 430 g/mol. The number of benzene rings is 1. The summed E-state index contributed by atoms with van der Waals surface area (Å²) in [7, 11) is 0. The Morgan fingerprint density at radius 2 is 2.07 bits per heavy atom. The van der Waals surface area contributed by atoms with Crippen LogP contribution < -0.4 is 15.4 Å². The van der Waals surface area contributed by atoms with Crippen LogP contribution in [0.2, 0.25) is 0 Å². The summed E-state index contributed by atoms with van der Waals surface area (Å²) in [5.41, 5.74) is 2.86. The van der Waals surface area contributed by atoms with E-state index in [0.29, 0.717) is 52.3 Å². The molecular formula is C21H24ClN5O3. The fraction of sp³-hybridized carbons (Fsp3) is 0.381. The van der Waals surface area contributed by atoms with Gasteiger partial charge in [-0.3, -0.25) is 4.79 Å². The van der Waals surface area contributed by atoms with Crippen LogP contribution in [0, 0.1) is 5.41 Å². The number of likely N-dealkylation sites (tertiary alicyclic amines) is 1. The molecule has 3 aliphatic heterocycles. The van der Waals surface area contributed by atoms with Crippen molar-refractivity contribution >= 4 is 28.9 Å². The van der Waals surface area contributed by atoms with Crippen molar-refractivity contribution in [3.8, 4) is 5.75 Å². The highest BCUT2D eigenvalue weighted by molar-refractivity contribution is 6.43. The number of carbonyl (C=O) groups is 1. The van der Waals surface area contributed by atoms with E-state index in [0.717, 1.165) is 5.70 Å². The Labute approximate surface area is 179 Å². The molecule has 9 heteroatoms. The molecule has 4 N–H and O–H groups in total. The van der Waals surface area contributed by atoms with Gasteiger partial charge in [-0.25, -0.2) is 4.99 Å². The van der Waals surface area contributed by atoms with Crippen LogP contribution in [0.4, 0.5) is 0 Å². The van der Waals surface area contributed by atoms with E-state index in [1.807, 2.05) is 13.8 Å². The number of para-hydroxylation sites is 1. The number of hydrogen-bond acceptors (Lipinski definition) is 7. The van der Waals surface area contributed by atoms with Crippen LogP contribution in [0.3, 0.4) is 0 Å². The fourth-order valence-corrected chi connectivity index (χ4v) is 3.81. The molecule has 0 bridgehead atoms. The van der Waals surface area contributed by atoms with Gasteiger partial charge in [-0.2, -0.15) is 0 Å². The molecule has 30 heavy (non-hydrogen) atoms. The number of aliphatic hydroxyl groups is 1. The van der Waals surface area contributed by atoms with Crippen LogP contribution in [-0.4, -0.2) is 65.7 Å². The Hall–Kier alpha value is -2.68. The van der Waals surface area contributed by atoms with E-state index in [9.17, 15) is 9.90 Å². The number of allylic oxidation sites excluding steroid dienone is 2. The van der Waals surface area contributed by atoms with Crippen LogP contribution in [0.5, 0.6) is 5.75 Å². The van der Waals surface area contributed by atoms with E-state index in [4.69, 9.17) is 21.7 Å². The molecular weight excluding hydrogens is 406 g/mol. The minimum atomic E-state index is -0.619.